The Morgan fingerprint density at radius 1 is 1.07 bits per heavy atom. The largest absolute Gasteiger partial charge is 0.493 e. The molecule has 0 fully saturated rings. The van der Waals surface area contributed by atoms with Crippen LogP contribution in [0.2, 0.25) is 15.1 Å². The number of aromatic carboxylic acids is 1. The quantitative estimate of drug-likeness (QED) is 0.193. The Morgan fingerprint density at radius 2 is 1.83 bits per heavy atom. The summed E-state index contributed by atoms with van der Waals surface area (Å²) in [6.45, 7) is 3.57. The number of carbonyl (C=O) groups is 2. The third-order valence-electron chi connectivity index (χ3n) is 7.02. The van der Waals surface area contributed by atoms with Crippen molar-refractivity contribution in [3.63, 3.8) is 0 Å². The van der Waals surface area contributed by atoms with Gasteiger partial charge in [0.2, 0.25) is 5.91 Å². The Bertz CT molecular complexity index is 1620. The molecule has 1 N–H and O–H groups in total. The number of carbonyl (C=O) groups excluding carboxylic acids is 1. The van der Waals surface area contributed by atoms with E-state index in [2.05, 4.69) is 5.10 Å². The Hall–Kier alpha value is -3.72. The molecule has 0 aliphatic carbocycles. The van der Waals surface area contributed by atoms with Crippen molar-refractivity contribution >= 4 is 52.4 Å². The molecule has 2 heterocycles. The first-order valence-corrected chi connectivity index (χ1v) is 14.5. The van der Waals surface area contributed by atoms with E-state index in [1.807, 2.05) is 49.5 Å². The highest BCUT2D eigenvalue weighted by molar-refractivity contribution is 6.36. The maximum atomic E-state index is 13.3. The van der Waals surface area contributed by atoms with Gasteiger partial charge in [-0.1, -0.05) is 53.0 Å². The van der Waals surface area contributed by atoms with Crippen LogP contribution >= 0.6 is 34.8 Å². The second-order valence-corrected chi connectivity index (χ2v) is 11.1. The number of amides is 1. The Balaban J connectivity index is 1.30. The van der Waals surface area contributed by atoms with Crippen molar-refractivity contribution in [1.82, 2.24) is 9.78 Å². The monoisotopic (exact) mass is 627 g/mol. The molecule has 3 aromatic carbocycles. The van der Waals surface area contributed by atoms with E-state index >= 15 is 0 Å². The smallest absolute Gasteiger partial charge is 0.335 e. The Labute approximate surface area is 258 Å². The average Bonchev–Trinajstić information content (AvgIpc) is 3.32. The minimum atomic E-state index is -1.11. The molecule has 8 nitrogen and oxygen atoms in total. The van der Waals surface area contributed by atoms with Crippen LogP contribution in [0, 0.1) is 6.92 Å². The van der Waals surface area contributed by atoms with Gasteiger partial charge in [-0.15, -0.1) is 0 Å². The molecule has 42 heavy (non-hydrogen) atoms. The minimum absolute atomic E-state index is 0.00453. The molecule has 11 heteroatoms. The summed E-state index contributed by atoms with van der Waals surface area (Å²) in [4.78, 5) is 26.4. The predicted octanol–water partition coefficient (Wildman–Crippen LogP) is 7.54. The first-order valence-electron chi connectivity index (χ1n) is 13.4. The maximum Gasteiger partial charge on any atom is 0.335 e. The lowest BCUT2D eigenvalue weighted by Gasteiger charge is -2.23. The number of halogens is 3. The standard InChI is InChI=1S/C31H28Cl3N3O5/c1-19-24(32)7-3-9-28(19)41-12-4-10-29(38)37-11-5-13-42-30-22(6-2-8-27(30)37)21-16-35-36(17-21)18-23-25(33)14-20(31(39)40)15-26(23)34/h2-3,6-9,14-17H,4-5,10-13,18H2,1H3,(H,39,40). The summed E-state index contributed by atoms with van der Waals surface area (Å²) in [6.07, 6.45) is 5.12. The van der Waals surface area contributed by atoms with Gasteiger partial charge in [0.25, 0.3) is 0 Å². The van der Waals surface area contributed by atoms with Crippen molar-refractivity contribution in [3.8, 4) is 22.6 Å². The van der Waals surface area contributed by atoms with E-state index in [1.54, 1.807) is 15.8 Å². The van der Waals surface area contributed by atoms with Gasteiger partial charge < -0.3 is 19.5 Å². The fraction of sp³-hybridized carbons (Fsp3) is 0.258. The van der Waals surface area contributed by atoms with Crippen LogP contribution in [0.4, 0.5) is 5.69 Å². The van der Waals surface area contributed by atoms with Crippen LogP contribution in [0.5, 0.6) is 11.5 Å². The number of benzene rings is 3. The minimum Gasteiger partial charge on any atom is -0.493 e. The number of nitrogens with zero attached hydrogens (tertiary/aromatic N) is 3. The van der Waals surface area contributed by atoms with Crippen molar-refractivity contribution in [3.05, 3.63) is 92.7 Å². The number of ether oxygens (including phenoxy) is 2. The van der Waals surface area contributed by atoms with Gasteiger partial charge in [-0.05, 0) is 50.1 Å². The zero-order valence-electron chi connectivity index (χ0n) is 22.8. The van der Waals surface area contributed by atoms with Gasteiger partial charge in [0.05, 0.1) is 37.2 Å². The summed E-state index contributed by atoms with van der Waals surface area (Å²) in [7, 11) is 0. The van der Waals surface area contributed by atoms with Gasteiger partial charge in [0, 0.05) is 56.5 Å². The number of carboxylic acid groups (broad SMARTS) is 1. The van der Waals surface area contributed by atoms with Gasteiger partial charge in [0.1, 0.15) is 5.75 Å². The molecule has 0 saturated heterocycles. The van der Waals surface area contributed by atoms with Crippen molar-refractivity contribution in [2.45, 2.75) is 32.7 Å². The molecule has 0 radical (unpaired) electrons. The van der Waals surface area contributed by atoms with E-state index in [-0.39, 0.29) is 28.1 Å². The highest BCUT2D eigenvalue weighted by Gasteiger charge is 2.25. The van der Waals surface area contributed by atoms with Gasteiger partial charge >= 0.3 is 5.97 Å². The van der Waals surface area contributed by atoms with Crippen LogP contribution in [-0.4, -0.2) is 46.5 Å². The van der Waals surface area contributed by atoms with Crippen molar-refractivity contribution in [2.75, 3.05) is 24.7 Å². The van der Waals surface area contributed by atoms with Crippen molar-refractivity contribution in [1.29, 1.82) is 0 Å². The van der Waals surface area contributed by atoms with E-state index in [0.29, 0.717) is 61.0 Å². The number of para-hydroxylation sites is 1. The third kappa shape index (κ3) is 6.51. The van der Waals surface area contributed by atoms with Gasteiger partial charge in [-0.3, -0.25) is 9.48 Å². The molecule has 5 rings (SSSR count). The van der Waals surface area contributed by atoms with Crippen molar-refractivity contribution in [2.24, 2.45) is 0 Å². The molecule has 1 aliphatic heterocycles. The second kappa shape index (κ2) is 13.1. The molecule has 0 bridgehead atoms. The lowest BCUT2D eigenvalue weighted by Crippen LogP contribution is -2.31. The second-order valence-electron chi connectivity index (χ2n) is 9.87. The third-order valence-corrected chi connectivity index (χ3v) is 8.11. The lowest BCUT2D eigenvalue weighted by atomic mass is 10.1. The molecular formula is C31H28Cl3N3O5. The first-order chi connectivity index (χ1) is 20.2. The van der Waals surface area contributed by atoms with Crippen LogP contribution in [0.3, 0.4) is 0 Å². The van der Waals surface area contributed by atoms with E-state index in [0.717, 1.165) is 22.4 Å². The number of rotatable bonds is 9. The number of hydrogen-bond acceptors (Lipinski definition) is 5. The maximum absolute atomic E-state index is 13.3. The van der Waals surface area contributed by atoms with Crippen LogP contribution < -0.4 is 14.4 Å². The first kappa shape index (κ1) is 29.8. The number of carboxylic acids is 1. The molecule has 218 valence electrons. The summed E-state index contributed by atoms with van der Waals surface area (Å²) < 4.78 is 13.7. The van der Waals surface area contributed by atoms with Gasteiger partial charge in [-0.2, -0.15) is 5.10 Å². The fourth-order valence-corrected chi connectivity index (χ4v) is 5.58. The summed E-state index contributed by atoms with van der Waals surface area (Å²) in [5, 5.41) is 14.9. The van der Waals surface area contributed by atoms with Crippen molar-refractivity contribution < 1.29 is 24.2 Å². The zero-order valence-corrected chi connectivity index (χ0v) is 25.0. The summed E-state index contributed by atoms with van der Waals surface area (Å²) in [6, 6.07) is 14.0. The predicted molar refractivity (Wildman–Crippen MR) is 164 cm³/mol. The normalized spacial score (nSPS) is 12.8. The molecule has 1 aromatic heterocycles. The fourth-order valence-electron chi connectivity index (χ4n) is 4.81. The topological polar surface area (TPSA) is 93.9 Å². The molecule has 1 aliphatic rings. The highest BCUT2D eigenvalue weighted by atomic mass is 35.5. The highest BCUT2D eigenvalue weighted by Crippen LogP contribution is 2.40. The molecule has 0 atom stereocenters. The molecule has 4 aromatic rings. The van der Waals surface area contributed by atoms with Crippen LogP contribution in [0.15, 0.2) is 60.9 Å². The molecule has 0 saturated carbocycles. The van der Waals surface area contributed by atoms with E-state index < -0.39 is 5.97 Å². The van der Waals surface area contributed by atoms with Gasteiger partial charge in [0.15, 0.2) is 5.75 Å². The van der Waals surface area contributed by atoms with Crippen LogP contribution in [-0.2, 0) is 11.3 Å². The number of aromatic nitrogens is 2. The van der Waals surface area contributed by atoms with E-state index in [1.165, 1.54) is 12.1 Å². The summed E-state index contributed by atoms with van der Waals surface area (Å²) in [5.41, 5.74) is 3.76. The number of hydrogen-bond donors (Lipinski definition) is 1. The number of fused-ring (bicyclic) bond motifs is 1. The summed E-state index contributed by atoms with van der Waals surface area (Å²) in [5.74, 6) is 0.228. The van der Waals surface area contributed by atoms with E-state index in [4.69, 9.17) is 44.3 Å². The average molecular weight is 629 g/mol. The molecule has 1 amide bonds. The van der Waals surface area contributed by atoms with Gasteiger partial charge in [-0.25, -0.2) is 4.79 Å². The molecule has 0 unspecified atom stereocenters. The van der Waals surface area contributed by atoms with E-state index in [9.17, 15) is 14.7 Å². The Morgan fingerprint density at radius 3 is 2.60 bits per heavy atom. The molecule has 0 spiro atoms. The SMILES string of the molecule is Cc1c(Cl)cccc1OCCCC(=O)N1CCCOc2c(-c3cnn(Cc4c(Cl)cc(C(=O)O)cc4Cl)c3)cccc21. The van der Waals surface area contributed by atoms with Crippen LogP contribution in [0.25, 0.3) is 11.1 Å². The lowest BCUT2D eigenvalue weighted by molar-refractivity contribution is -0.118. The Kier molecular flexibility index (Phi) is 9.26. The number of anilines is 1. The molecular weight excluding hydrogens is 601 g/mol. The zero-order chi connectivity index (χ0) is 29.8. The van der Waals surface area contributed by atoms with Crippen LogP contribution in [0.1, 0.15) is 40.7 Å². The summed E-state index contributed by atoms with van der Waals surface area (Å²) >= 11 is 18.9.